The molecule has 30 heavy (non-hydrogen) atoms. The molecule has 1 rings (SSSR count). The van der Waals surface area contributed by atoms with Crippen molar-refractivity contribution in [3.8, 4) is 5.75 Å². The molecule has 1 aromatic carbocycles. The van der Waals surface area contributed by atoms with Crippen molar-refractivity contribution < 1.29 is 14.7 Å². The number of nitrogens with two attached hydrogens (primary N) is 1. The fourth-order valence-electron chi connectivity index (χ4n) is 2.15. The molecule has 0 unspecified atom stereocenters. The maximum absolute atomic E-state index is 12.0. The van der Waals surface area contributed by atoms with Crippen LogP contribution in [0.25, 0.3) is 0 Å². The molecule has 0 atom stereocenters. The monoisotopic (exact) mass is 449 g/mol. The van der Waals surface area contributed by atoms with E-state index in [1.54, 1.807) is 22.9 Å². The second-order valence-electron chi connectivity index (χ2n) is 5.99. The molecule has 0 bridgehead atoms. The number of phenols is 1. The molecule has 0 aliphatic heterocycles. The Morgan fingerprint density at radius 2 is 1.97 bits per heavy atom. The number of aromatic hydroxyl groups is 1. The van der Waals surface area contributed by atoms with Gasteiger partial charge in [-0.25, -0.2) is 5.53 Å². The van der Waals surface area contributed by atoms with Crippen molar-refractivity contribution in [3.63, 3.8) is 0 Å². The third-order valence-electron chi connectivity index (χ3n) is 3.65. The van der Waals surface area contributed by atoms with Crippen molar-refractivity contribution in [1.29, 1.82) is 5.53 Å². The lowest BCUT2D eigenvalue weighted by atomic mass is 10.1. The van der Waals surface area contributed by atoms with Crippen molar-refractivity contribution >= 4 is 39.1 Å². The number of phenolic OH excluding ortho intramolecular Hbond substituents is 1. The topological polar surface area (TPSA) is 141 Å². The molecule has 0 saturated carbocycles. The summed E-state index contributed by atoms with van der Waals surface area (Å²) in [5.41, 5.74) is 12.5. The maximum Gasteiger partial charge on any atom is 0.255 e. The second kappa shape index (κ2) is 15.2. The number of allylic oxidation sites excluding steroid dienone is 3. The average Bonchev–Trinajstić information content (AvgIpc) is 2.73. The number of nitrogens with one attached hydrogen (secondary N) is 3. The zero-order valence-electron chi connectivity index (χ0n) is 16.6. The average molecular weight is 450 g/mol. The molecular formula is C20H27N5O3S2. The number of carbonyl (C=O) groups excluding carboxylic acids is 2. The van der Waals surface area contributed by atoms with Crippen LogP contribution in [0.2, 0.25) is 0 Å². The minimum absolute atomic E-state index is 0.0100. The van der Waals surface area contributed by atoms with Gasteiger partial charge in [0.05, 0.1) is 11.3 Å². The number of rotatable bonds is 14. The first-order valence-electron chi connectivity index (χ1n) is 9.26. The number of nitrogens with zero attached hydrogens (tertiary/aromatic N) is 1. The van der Waals surface area contributed by atoms with Gasteiger partial charge in [-0.15, -0.1) is 0 Å². The summed E-state index contributed by atoms with van der Waals surface area (Å²) < 4.78 is 0. The third-order valence-corrected chi connectivity index (χ3v) is 5.98. The summed E-state index contributed by atoms with van der Waals surface area (Å²) in [6.45, 7) is 4.86. The lowest BCUT2D eigenvalue weighted by molar-refractivity contribution is -0.120. The number of amides is 2. The normalized spacial score (nSPS) is 10.9. The van der Waals surface area contributed by atoms with E-state index in [9.17, 15) is 14.7 Å². The van der Waals surface area contributed by atoms with Crippen LogP contribution in [-0.2, 0) is 4.79 Å². The van der Waals surface area contributed by atoms with E-state index >= 15 is 0 Å². The van der Waals surface area contributed by atoms with Gasteiger partial charge in [-0.3, -0.25) is 9.59 Å². The standard InChI is InChI=1S/C20H27N5O3S2/c1-15(6-2-3-10-21)30-29-13-9-19(27)23-11-4-5-12-24-20(28)17-8-7-16(25-22)14-18(17)26/h2-3,6-8,10,14,22,26H,1,4-5,9,11-13,21H2,(H,23,27)(H,24,28)/b6-2-,10-3-,25-22?. The van der Waals surface area contributed by atoms with Crippen molar-refractivity contribution in [1.82, 2.24) is 10.6 Å². The van der Waals surface area contributed by atoms with Crippen molar-refractivity contribution in [2.75, 3.05) is 18.8 Å². The van der Waals surface area contributed by atoms with Gasteiger partial charge in [0.25, 0.3) is 5.91 Å². The van der Waals surface area contributed by atoms with E-state index in [0.29, 0.717) is 31.7 Å². The fraction of sp³-hybridized carbons (Fsp3) is 0.300. The second-order valence-corrected chi connectivity index (χ2v) is 8.53. The number of hydrogen-bond donors (Lipinski definition) is 5. The molecule has 0 aromatic heterocycles. The highest BCUT2D eigenvalue weighted by Crippen LogP contribution is 2.30. The van der Waals surface area contributed by atoms with Gasteiger partial charge in [0.1, 0.15) is 5.75 Å². The highest BCUT2D eigenvalue weighted by atomic mass is 33.1. The van der Waals surface area contributed by atoms with Gasteiger partial charge in [-0.1, -0.05) is 34.2 Å². The molecule has 162 valence electrons. The Hall–Kier alpha value is -2.72. The molecular weight excluding hydrogens is 422 g/mol. The van der Waals surface area contributed by atoms with Gasteiger partial charge in [-0.05, 0) is 43.3 Å². The van der Waals surface area contributed by atoms with Crippen LogP contribution in [0.5, 0.6) is 5.75 Å². The first-order valence-corrected chi connectivity index (χ1v) is 11.6. The summed E-state index contributed by atoms with van der Waals surface area (Å²) in [6, 6.07) is 4.18. The van der Waals surface area contributed by atoms with Crippen LogP contribution in [0, 0.1) is 5.53 Å². The molecule has 0 aliphatic rings. The molecule has 8 nitrogen and oxygen atoms in total. The van der Waals surface area contributed by atoms with Gasteiger partial charge in [0.2, 0.25) is 5.91 Å². The van der Waals surface area contributed by atoms with Crippen LogP contribution in [0.1, 0.15) is 29.6 Å². The summed E-state index contributed by atoms with van der Waals surface area (Å²) in [5, 5.41) is 18.6. The van der Waals surface area contributed by atoms with Crippen LogP contribution < -0.4 is 16.4 Å². The van der Waals surface area contributed by atoms with Crippen LogP contribution in [0.4, 0.5) is 5.69 Å². The minimum Gasteiger partial charge on any atom is -0.507 e. The number of unbranched alkanes of at least 4 members (excludes halogenated alkanes) is 1. The van der Waals surface area contributed by atoms with Gasteiger partial charge < -0.3 is 21.5 Å². The van der Waals surface area contributed by atoms with Crippen molar-refractivity contribution in [3.05, 3.63) is 59.7 Å². The Balaban J connectivity index is 2.09. The maximum atomic E-state index is 12.0. The predicted molar refractivity (Wildman–Crippen MR) is 124 cm³/mol. The van der Waals surface area contributed by atoms with Gasteiger partial charge in [0, 0.05) is 36.2 Å². The van der Waals surface area contributed by atoms with Gasteiger partial charge >= 0.3 is 0 Å². The Morgan fingerprint density at radius 1 is 1.23 bits per heavy atom. The van der Waals surface area contributed by atoms with E-state index in [1.807, 2.05) is 6.08 Å². The van der Waals surface area contributed by atoms with E-state index in [-0.39, 0.29) is 22.9 Å². The summed E-state index contributed by atoms with van der Waals surface area (Å²) in [4.78, 5) is 24.7. The molecule has 0 aliphatic carbocycles. The van der Waals surface area contributed by atoms with Crippen molar-refractivity contribution in [2.45, 2.75) is 19.3 Å². The van der Waals surface area contributed by atoms with Crippen LogP contribution >= 0.6 is 21.6 Å². The molecule has 0 saturated heterocycles. The quantitative estimate of drug-likeness (QED) is 0.126. The van der Waals surface area contributed by atoms with E-state index in [4.69, 9.17) is 11.3 Å². The molecule has 6 N–H and O–H groups in total. The first-order chi connectivity index (χ1) is 14.5. The minimum atomic E-state index is -0.391. The largest absolute Gasteiger partial charge is 0.507 e. The number of carbonyl (C=O) groups is 2. The molecule has 0 radical (unpaired) electrons. The molecule has 0 spiro atoms. The lowest BCUT2D eigenvalue weighted by Gasteiger charge is -2.08. The van der Waals surface area contributed by atoms with Gasteiger partial charge in [0.15, 0.2) is 0 Å². The Kier molecular flexibility index (Phi) is 12.8. The van der Waals surface area contributed by atoms with Gasteiger partial charge in [-0.2, -0.15) is 5.11 Å². The highest BCUT2D eigenvalue weighted by molar-refractivity contribution is 8.78. The summed E-state index contributed by atoms with van der Waals surface area (Å²) >= 11 is 0. The summed E-state index contributed by atoms with van der Waals surface area (Å²) in [5.74, 6) is 0.0700. The predicted octanol–water partition coefficient (Wildman–Crippen LogP) is 3.99. The number of benzene rings is 1. The third kappa shape index (κ3) is 10.7. The number of hydrogen-bond acceptors (Lipinski definition) is 8. The lowest BCUT2D eigenvalue weighted by Crippen LogP contribution is -2.27. The Labute approximate surface area is 184 Å². The zero-order chi connectivity index (χ0) is 22.2. The Bertz CT molecular complexity index is 797. The SMILES string of the molecule is C=C(/C=C\C=C/N)SSCCC(=O)NCCCCNC(=O)c1ccc(N=N)cc1O. The van der Waals surface area contributed by atoms with Crippen LogP contribution in [0.15, 0.2) is 59.2 Å². The highest BCUT2D eigenvalue weighted by Gasteiger charge is 2.11. The Morgan fingerprint density at radius 3 is 2.63 bits per heavy atom. The molecule has 1 aromatic rings. The van der Waals surface area contributed by atoms with E-state index < -0.39 is 5.91 Å². The smallest absolute Gasteiger partial charge is 0.255 e. The fourth-order valence-corrected chi connectivity index (χ4v) is 3.91. The van der Waals surface area contributed by atoms with Crippen LogP contribution in [0.3, 0.4) is 0 Å². The van der Waals surface area contributed by atoms with Crippen molar-refractivity contribution in [2.24, 2.45) is 10.8 Å². The molecule has 0 heterocycles. The van der Waals surface area contributed by atoms with E-state index in [2.05, 4.69) is 22.3 Å². The molecule has 0 fully saturated rings. The summed E-state index contributed by atoms with van der Waals surface area (Å²) in [6.07, 6.45) is 8.67. The molecule has 2 amide bonds. The zero-order valence-corrected chi connectivity index (χ0v) is 18.2. The van der Waals surface area contributed by atoms with Crippen LogP contribution in [-0.4, -0.2) is 35.8 Å². The van der Waals surface area contributed by atoms with E-state index in [0.717, 1.165) is 11.3 Å². The van der Waals surface area contributed by atoms with E-state index in [1.165, 1.54) is 35.2 Å². The summed E-state index contributed by atoms with van der Waals surface area (Å²) in [7, 11) is 3.08. The first kappa shape index (κ1) is 25.3. The molecule has 10 heteroatoms.